The molecule has 1 aromatic carbocycles. The topological polar surface area (TPSA) is 49.7 Å². The SMILES string of the molecule is CC1=C(c2ccccc2)S(=O)(=O)N=C1N1C[C@H](C)C[C@@H](C)C1. The zero-order valence-electron chi connectivity index (χ0n) is 13.3. The Morgan fingerprint density at radius 2 is 1.68 bits per heavy atom. The summed E-state index contributed by atoms with van der Waals surface area (Å²) in [4.78, 5) is 2.50. The average molecular weight is 318 g/mol. The van der Waals surface area contributed by atoms with Crippen molar-refractivity contribution in [3.63, 3.8) is 0 Å². The monoisotopic (exact) mass is 318 g/mol. The Balaban J connectivity index is 2.02. The quantitative estimate of drug-likeness (QED) is 0.799. The van der Waals surface area contributed by atoms with Crippen molar-refractivity contribution in [2.24, 2.45) is 16.2 Å². The lowest BCUT2D eigenvalue weighted by Crippen LogP contribution is -2.42. The minimum Gasteiger partial charge on any atom is -0.355 e. The van der Waals surface area contributed by atoms with E-state index in [1.165, 1.54) is 6.42 Å². The van der Waals surface area contributed by atoms with E-state index in [2.05, 4.69) is 23.1 Å². The zero-order valence-corrected chi connectivity index (χ0v) is 14.1. The number of sulfonamides is 1. The highest BCUT2D eigenvalue weighted by Gasteiger charge is 2.35. The first-order chi connectivity index (χ1) is 10.4. The van der Waals surface area contributed by atoms with Crippen molar-refractivity contribution in [2.45, 2.75) is 27.2 Å². The van der Waals surface area contributed by atoms with Crippen LogP contribution in [-0.2, 0) is 10.0 Å². The maximum atomic E-state index is 12.5. The normalized spacial score (nSPS) is 28.0. The Labute approximate surface area is 132 Å². The fourth-order valence-electron chi connectivity index (χ4n) is 3.61. The maximum Gasteiger partial charge on any atom is 0.285 e. The van der Waals surface area contributed by atoms with Gasteiger partial charge in [0.1, 0.15) is 10.7 Å². The van der Waals surface area contributed by atoms with Crippen LogP contribution < -0.4 is 0 Å². The van der Waals surface area contributed by atoms with E-state index in [4.69, 9.17) is 0 Å². The highest BCUT2D eigenvalue weighted by Crippen LogP contribution is 2.35. The molecule has 22 heavy (non-hydrogen) atoms. The Kier molecular flexibility index (Phi) is 3.85. The highest BCUT2D eigenvalue weighted by atomic mass is 32.2. The molecular weight excluding hydrogens is 296 g/mol. The number of amidine groups is 1. The van der Waals surface area contributed by atoms with Gasteiger partial charge in [0.25, 0.3) is 10.0 Å². The lowest BCUT2D eigenvalue weighted by Gasteiger charge is -2.36. The summed E-state index contributed by atoms with van der Waals surface area (Å²) < 4.78 is 29.1. The molecule has 0 amide bonds. The lowest BCUT2D eigenvalue weighted by atomic mass is 9.91. The van der Waals surface area contributed by atoms with Crippen molar-refractivity contribution in [1.82, 2.24) is 4.90 Å². The summed E-state index contributed by atoms with van der Waals surface area (Å²) in [6.07, 6.45) is 1.19. The van der Waals surface area contributed by atoms with E-state index in [9.17, 15) is 8.42 Å². The van der Waals surface area contributed by atoms with Gasteiger partial charge in [0.2, 0.25) is 0 Å². The minimum absolute atomic E-state index is 0.356. The van der Waals surface area contributed by atoms with E-state index in [0.717, 1.165) is 24.2 Å². The van der Waals surface area contributed by atoms with Crippen LogP contribution in [0.5, 0.6) is 0 Å². The van der Waals surface area contributed by atoms with Crippen LogP contribution in [-0.4, -0.2) is 32.2 Å². The van der Waals surface area contributed by atoms with Gasteiger partial charge in [0.15, 0.2) is 0 Å². The van der Waals surface area contributed by atoms with E-state index in [1.54, 1.807) is 0 Å². The van der Waals surface area contributed by atoms with Gasteiger partial charge in [0.05, 0.1) is 0 Å². The van der Waals surface area contributed by atoms with E-state index in [1.807, 2.05) is 37.3 Å². The molecule has 0 saturated carbocycles. The summed E-state index contributed by atoms with van der Waals surface area (Å²) >= 11 is 0. The van der Waals surface area contributed by atoms with Crippen molar-refractivity contribution in [3.8, 4) is 0 Å². The average Bonchev–Trinajstić information content (AvgIpc) is 2.68. The molecule has 1 saturated heterocycles. The predicted octanol–water partition coefficient (Wildman–Crippen LogP) is 3.14. The zero-order chi connectivity index (χ0) is 15.9. The Bertz CT molecular complexity index is 725. The standard InChI is InChI=1S/C17H22N2O2S/c1-12-9-13(2)11-19(10-12)17-14(3)16(22(20,21)18-17)15-7-5-4-6-8-15/h4-8,12-13H,9-11H2,1-3H3/t12-,13-/m1/s1. The van der Waals surface area contributed by atoms with Crippen LogP contribution in [0.2, 0.25) is 0 Å². The lowest BCUT2D eigenvalue weighted by molar-refractivity contribution is 0.214. The molecule has 0 bridgehead atoms. The largest absolute Gasteiger partial charge is 0.355 e. The minimum atomic E-state index is -3.60. The van der Waals surface area contributed by atoms with Gasteiger partial charge < -0.3 is 4.90 Å². The van der Waals surface area contributed by atoms with Crippen LogP contribution in [0.3, 0.4) is 0 Å². The summed E-state index contributed by atoms with van der Waals surface area (Å²) in [6.45, 7) is 8.04. The molecule has 0 aromatic heterocycles. The third-order valence-corrected chi connectivity index (χ3v) is 5.82. The molecular formula is C17H22N2O2S. The highest BCUT2D eigenvalue weighted by molar-refractivity contribution is 8.00. The van der Waals surface area contributed by atoms with Gasteiger partial charge in [-0.05, 0) is 30.7 Å². The molecule has 4 nitrogen and oxygen atoms in total. The van der Waals surface area contributed by atoms with E-state index in [0.29, 0.717) is 22.6 Å². The van der Waals surface area contributed by atoms with Gasteiger partial charge in [-0.1, -0.05) is 44.2 Å². The van der Waals surface area contributed by atoms with Crippen molar-refractivity contribution >= 4 is 20.8 Å². The number of hydrogen-bond acceptors (Lipinski definition) is 3. The van der Waals surface area contributed by atoms with Gasteiger partial charge in [-0.3, -0.25) is 0 Å². The van der Waals surface area contributed by atoms with Crippen LogP contribution in [0.1, 0.15) is 32.8 Å². The fraction of sp³-hybridized carbons (Fsp3) is 0.471. The van der Waals surface area contributed by atoms with E-state index in [-0.39, 0.29) is 0 Å². The van der Waals surface area contributed by atoms with Crippen LogP contribution in [0.25, 0.3) is 4.91 Å². The molecule has 0 unspecified atom stereocenters. The van der Waals surface area contributed by atoms with E-state index < -0.39 is 10.0 Å². The smallest absolute Gasteiger partial charge is 0.285 e. The molecule has 5 heteroatoms. The molecule has 2 aliphatic rings. The maximum absolute atomic E-state index is 12.5. The molecule has 0 N–H and O–H groups in total. The molecule has 0 radical (unpaired) electrons. The number of hydrogen-bond donors (Lipinski definition) is 0. The van der Waals surface area contributed by atoms with Gasteiger partial charge in [-0.2, -0.15) is 8.42 Å². The van der Waals surface area contributed by atoms with Gasteiger partial charge in [-0.15, -0.1) is 4.40 Å². The number of benzene rings is 1. The van der Waals surface area contributed by atoms with Crippen LogP contribution in [0.4, 0.5) is 0 Å². The summed E-state index contributed by atoms with van der Waals surface area (Å²) in [6, 6.07) is 9.26. The van der Waals surface area contributed by atoms with Crippen LogP contribution in [0.15, 0.2) is 40.3 Å². The first-order valence-electron chi connectivity index (χ1n) is 7.75. The summed E-state index contributed by atoms with van der Waals surface area (Å²) in [5.41, 5.74) is 1.49. The van der Waals surface area contributed by atoms with Crippen LogP contribution >= 0.6 is 0 Å². The first-order valence-corrected chi connectivity index (χ1v) is 9.19. The predicted molar refractivity (Wildman–Crippen MR) is 89.9 cm³/mol. The third-order valence-electron chi connectivity index (χ3n) is 4.34. The Hall–Kier alpha value is -1.62. The third kappa shape index (κ3) is 2.70. The van der Waals surface area contributed by atoms with Crippen molar-refractivity contribution in [2.75, 3.05) is 13.1 Å². The van der Waals surface area contributed by atoms with Crippen molar-refractivity contribution in [1.29, 1.82) is 0 Å². The molecule has 3 rings (SSSR count). The second-order valence-electron chi connectivity index (χ2n) is 6.56. The Morgan fingerprint density at radius 3 is 2.27 bits per heavy atom. The second kappa shape index (κ2) is 5.54. The number of rotatable bonds is 1. The number of likely N-dealkylation sites (tertiary alicyclic amines) is 1. The summed E-state index contributed by atoms with van der Waals surface area (Å²) in [5, 5.41) is 0. The summed E-state index contributed by atoms with van der Waals surface area (Å²) in [7, 11) is -3.60. The van der Waals surface area contributed by atoms with E-state index >= 15 is 0 Å². The molecule has 2 aliphatic heterocycles. The van der Waals surface area contributed by atoms with Crippen molar-refractivity contribution in [3.05, 3.63) is 41.5 Å². The number of nitrogens with zero attached hydrogens (tertiary/aromatic N) is 2. The molecule has 118 valence electrons. The number of piperidine rings is 1. The Morgan fingerprint density at radius 1 is 1.09 bits per heavy atom. The van der Waals surface area contributed by atoms with Crippen molar-refractivity contribution < 1.29 is 8.42 Å². The van der Waals surface area contributed by atoms with Crippen LogP contribution in [0, 0.1) is 11.8 Å². The molecule has 0 aliphatic carbocycles. The molecule has 2 heterocycles. The summed E-state index contributed by atoms with van der Waals surface area (Å²) in [5.74, 6) is 1.75. The molecule has 2 atom stereocenters. The van der Waals surface area contributed by atoms with Gasteiger partial charge >= 0.3 is 0 Å². The van der Waals surface area contributed by atoms with Gasteiger partial charge in [0, 0.05) is 18.7 Å². The molecule has 0 spiro atoms. The molecule has 1 fully saturated rings. The fourth-order valence-corrected chi connectivity index (χ4v) is 5.09. The second-order valence-corrected chi connectivity index (χ2v) is 8.10. The van der Waals surface area contributed by atoms with Gasteiger partial charge in [-0.25, -0.2) is 0 Å². The molecule has 1 aromatic rings. The first kappa shape index (κ1) is 15.3.